The Balaban J connectivity index is 2.81. The summed E-state index contributed by atoms with van der Waals surface area (Å²) in [5.41, 5.74) is -0.321. The van der Waals surface area contributed by atoms with Crippen LogP contribution in [0.25, 0.3) is 11.1 Å². The molecular weight excluding hydrogens is 297 g/mol. The molecular formula is C13H6Cl2F2O2. The van der Waals surface area contributed by atoms with Crippen molar-refractivity contribution in [2.24, 2.45) is 0 Å². The van der Waals surface area contributed by atoms with Crippen LogP contribution in [0.2, 0.25) is 10.0 Å². The number of halogens is 4. The van der Waals surface area contributed by atoms with Crippen LogP contribution in [0.15, 0.2) is 30.3 Å². The molecule has 0 saturated heterocycles. The molecule has 0 atom stereocenters. The van der Waals surface area contributed by atoms with Gasteiger partial charge in [0.15, 0.2) is 11.6 Å². The van der Waals surface area contributed by atoms with E-state index in [9.17, 15) is 13.6 Å². The predicted octanol–water partition coefficient (Wildman–Crippen LogP) is 4.64. The van der Waals surface area contributed by atoms with Crippen LogP contribution in [0.1, 0.15) is 10.4 Å². The van der Waals surface area contributed by atoms with Gasteiger partial charge in [-0.2, -0.15) is 0 Å². The number of carboxylic acid groups (broad SMARTS) is 1. The van der Waals surface area contributed by atoms with Crippen molar-refractivity contribution in [2.45, 2.75) is 0 Å². The third kappa shape index (κ3) is 2.55. The Kier molecular flexibility index (Phi) is 3.73. The largest absolute Gasteiger partial charge is 0.478 e. The minimum Gasteiger partial charge on any atom is -0.478 e. The number of benzene rings is 2. The highest BCUT2D eigenvalue weighted by molar-refractivity contribution is 6.39. The highest BCUT2D eigenvalue weighted by atomic mass is 35.5. The van der Waals surface area contributed by atoms with E-state index in [0.29, 0.717) is 6.07 Å². The Hall–Kier alpha value is -1.65. The Morgan fingerprint density at radius 1 is 1.05 bits per heavy atom. The number of aromatic carboxylic acids is 1. The first-order chi connectivity index (χ1) is 8.91. The zero-order chi connectivity index (χ0) is 14.2. The lowest BCUT2D eigenvalue weighted by molar-refractivity contribution is 0.0697. The van der Waals surface area contributed by atoms with E-state index in [1.807, 2.05) is 0 Å². The number of hydrogen-bond donors (Lipinski definition) is 1. The Morgan fingerprint density at radius 2 is 1.58 bits per heavy atom. The summed E-state index contributed by atoms with van der Waals surface area (Å²) < 4.78 is 26.4. The zero-order valence-corrected chi connectivity index (χ0v) is 10.8. The summed E-state index contributed by atoms with van der Waals surface area (Å²) in [5, 5.41) is 9.36. The summed E-state index contributed by atoms with van der Waals surface area (Å²) in [5.74, 6) is -3.81. The van der Waals surface area contributed by atoms with Gasteiger partial charge in [-0.05, 0) is 24.3 Å². The molecule has 0 unspecified atom stereocenters. The second kappa shape index (κ2) is 5.15. The van der Waals surface area contributed by atoms with Crippen molar-refractivity contribution >= 4 is 29.2 Å². The molecule has 0 aliphatic heterocycles. The topological polar surface area (TPSA) is 37.3 Å². The van der Waals surface area contributed by atoms with Gasteiger partial charge in [-0.15, -0.1) is 0 Å². The number of carboxylic acids is 1. The maximum Gasteiger partial charge on any atom is 0.336 e. The maximum atomic E-state index is 13.3. The number of hydrogen-bond acceptors (Lipinski definition) is 1. The van der Waals surface area contributed by atoms with Crippen molar-refractivity contribution in [1.82, 2.24) is 0 Å². The molecule has 0 fully saturated rings. The van der Waals surface area contributed by atoms with Gasteiger partial charge in [0.05, 0.1) is 5.56 Å². The first-order valence-corrected chi connectivity index (χ1v) is 5.84. The summed E-state index contributed by atoms with van der Waals surface area (Å²) in [4.78, 5) is 11.1. The van der Waals surface area contributed by atoms with Crippen molar-refractivity contribution in [2.75, 3.05) is 0 Å². The Labute approximate surface area is 117 Å². The van der Waals surface area contributed by atoms with E-state index in [0.717, 1.165) is 6.07 Å². The van der Waals surface area contributed by atoms with E-state index in [2.05, 4.69) is 0 Å². The van der Waals surface area contributed by atoms with Crippen molar-refractivity contribution in [1.29, 1.82) is 0 Å². The molecule has 0 saturated carbocycles. The summed E-state index contributed by atoms with van der Waals surface area (Å²) in [6, 6.07) is 5.90. The average Bonchev–Trinajstić information content (AvgIpc) is 2.32. The SMILES string of the molecule is O=C(O)c1cc(F)c(F)cc1-c1c(Cl)cccc1Cl. The van der Waals surface area contributed by atoms with E-state index < -0.39 is 23.2 Å². The van der Waals surface area contributed by atoms with Crippen LogP contribution in [0.3, 0.4) is 0 Å². The van der Waals surface area contributed by atoms with Crippen molar-refractivity contribution < 1.29 is 18.7 Å². The highest BCUT2D eigenvalue weighted by Crippen LogP contribution is 2.37. The molecule has 0 heterocycles. The Morgan fingerprint density at radius 3 is 2.11 bits per heavy atom. The van der Waals surface area contributed by atoms with Gasteiger partial charge in [-0.25, -0.2) is 13.6 Å². The van der Waals surface area contributed by atoms with Crippen LogP contribution in [0.4, 0.5) is 8.78 Å². The fraction of sp³-hybridized carbons (Fsp3) is 0. The van der Waals surface area contributed by atoms with E-state index in [1.54, 1.807) is 6.07 Å². The standard InChI is InChI=1S/C13H6Cl2F2O2/c14-8-2-1-3-9(15)12(8)6-4-10(16)11(17)5-7(6)13(18)19/h1-5H,(H,18,19). The van der Waals surface area contributed by atoms with Crippen LogP contribution in [0, 0.1) is 11.6 Å². The quantitative estimate of drug-likeness (QED) is 0.877. The van der Waals surface area contributed by atoms with Crippen LogP contribution in [0.5, 0.6) is 0 Å². The van der Waals surface area contributed by atoms with Crippen molar-refractivity contribution in [3.8, 4) is 11.1 Å². The third-order valence-corrected chi connectivity index (χ3v) is 3.15. The minimum absolute atomic E-state index is 0.0676. The molecule has 6 heteroatoms. The number of carbonyl (C=O) groups is 1. The van der Waals surface area contributed by atoms with Gasteiger partial charge in [0.25, 0.3) is 0 Å². The second-order valence-electron chi connectivity index (χ2n) is 3.71. The predicted molar refractivity (Wildman–Crippen MR) is 68.8 cm³/mol. The molecule has 1 N–H and O–H groups in total. The van der Waals surface area contributed by atoms with Gasteiger partial charge < -0.3 is 5.11 Å². The molecule has 0 bridgehead atoms. The molecule has 2 nitrogen and oxygen atoms in total. The van der Waals surface area contributed by atoms with Gasteiger partial charge in [-0.3, -0.25) is 0 Å². The maximum absolute atomic E-state index is 13.3. The summed E-state index contributed by atoms with van der Waals surface area (Å²) >= 11 is 11.9. The molecule has 2 rings (SSSR count). The first-order valence-electron chi connectivity index (χ1n) is 5.08. The molecule has 0 radical (unpaired) electrons. The minimum atomic E-state index is -1.40. The molecule has 19 heavy (non-hydrogen) atoms. The second-order valence-corrected chi connectivity index (χ2v) is 4.53. The first kappa shape index (κ1) is 13.8. The Bertz CT molecular complexity index is 652. The van der Waals surface area contributed by atoms with E-state index in [-0.39, 0.29) is 21.2 Å². The summed E-state index contributed by atoms with van der Waals surface area (Å²) in [6.45, 7) is 0. The third-order valence-electron chi connectivity index (χ3n) is 2.52. The van der Waals surface area contributed by atoms with Gasteiger partial charge >= 0.3 is 5.97 Å². The van der Waals surface area contributed by atoms with Crippen molar-refractivity contribution in [3.05, 3.63) is 57.6 Å². The molecule has 0 spiro atoms. The van der Waals surface area contributed by atoms with Gasteiger partial charge in [0, 0.05) is 21.2 Å². The van der Waals surface area contributed by atoms with Crippen LogP contribution in [-0.2, 0) is 0 Å². The molecule has 0 aromatic heterocycles. The normalized spacial score (nSPS) is 10.5. The molecule has 0 amide bonds. The molecule has 98 valence electrons. The van der Waals surface area contributed by atoms with Gasteiger partial charge in [0.2, 0.25) is 0 Å². The van der Waals surface area contributed by atoms with Crippen LogP contribution >= 0.6 is 23.2 Å². The van der Waals surface area contributed by atoms with E-state index >= 15 is 0 Å². The molecule has 2 aromatic rings. The number of rotatable bonds is 2. The molecule has 0 aliphatic carbocycles. The van der Waals surface area contributed by atoms with Crippen LogP contribution in [-0.4, -0.2) is 11.1 Å². The lowest BCUT2D eigenvalue weighted by Gasteiger charge is -2.11. The summed E-state index contributed by atoms with van der Waals surface area (Å²) in [6.07, 6.45) is 0. The van der Waals surface area contributed by atoms with Crippen LogP contribution < -0.4 is 0 Å². The lowest BCUT2D eigenvalue weighted by atomic mass is 9.99. The fourth-order valence-electron chi connectivity index (χ4n) is 1.69. The fourth-order valence-corrected chi connectivity index (χ4v) is 2.29. The average molecular weight is 303 g/mol. The summed E-state index contributed by atoms with van der Waals surface area (Å²) in [7, 11) is 0. The highest BCUT2D eigenvalue weighted by Gasteiger charge is 2.20. The molecule has 0 aliphatic rings. The monoisotopic (exact) mass is 302 g/mol. The lowest BCUT2D eigenvalue weighted by Crippen LogP contribution is -2.03. The van der Waals surface area contributed by atoms with Gasteiger partial charge in [0.1, 0.15) is 0 Å². The van der Waals surface area contributed by atoms with Gasteiger partial charge in [-0.1, -0.05) is 29.3 Å². The molecule has 2 aromatic carbocycles. The van der Waals surface area contributed by atoms with E-state index in [1.165, 1.54) is 12.1 Å². The zero-order valence-electron chi connectivity index (χ0n) is 9.25. The van der Waals surface area contributed by atoms with Crippen molar-refractivity contribution in [3.63, 3.8) is 0 Å². The smallest absolute Gasteiger partial charge is 0.336 e. The van der Waals surface area contributed by atoms with E-state index in [4.69, 9.17) is 28.3 Å².